The van der Waals surface area contributed by atoms with E-state index in [4.69, 9.17) is 9.84 Å². The number of alkyl halides is 3. The van der Waals surface area contributed by atoms with Crippen molar-refractivity contribution in [3.05, 3.63) is 47.5 Å². The Morgan fingerprint density at radius 3 is 2.35 bits per heavy atom. The van der Waals surface area contributed by atoms with Gasteiger partial charge in [-0.25, -0.2) is 4.79 Å². The van der Waals surface area contributed by atoms with Gasteiger partial charge in [0, 0.05) is 18.7 Å². The number of aliphatic carboxylic acids is 1. The fourth-order valence-electron chi connectivity index (χ4n) is 2.88. The molecule has 2 aromatic carbocycles. The number of anilines is 1. The van der Waals surface area contributed by atoms with Crippen LogP contribution in [0.15, 0.2) is 36.4 Å². The van der Waals surface area contributed by atoms with Crippen molar-refractivity contribution in [2.45, 2.75) is 33.2 Å². The lowest BCUT2D eigenvalue weighted by Gasteiger charge is -2.22. The largest absolute Gasteiger partial charge is 0.573 e. The number of nitrogens with zero attached hydrogens (tertiary/aromatic N) is 1. The van der Waals surface area contributed by atoms with Crippen molar-refractivity contribution in [3.63, 3.8) is 0 Å². The van der Waals surface area contributed by atoms with E-state index in [-0.39, 0.29) is 11.7 Å². The molecule has 0 bridgehead atoms. The molecule has 6 nitrogen and oxygen atoms in total. The second-order valence-corrected chi connectivity index (χ2v) is 6.99. The van der Waals surface area contributed by atoms with Crippen LogP contribution >= 0.6 is 0 Å². The van der Waals surface area contributed by atoms with Gasteiger partial charge in [-0.3, -0.25) is 4.79 Å². The zero-order chi connectivity index (χ0) is 23.3. The van der Waals surface area contributed by atoms with Gasteiger partial charge in [-0.2, -0.15) is 0 Å². The number of aryl methyl sites for hydroxylation is 1. The molecule has 0 aromatic heterocycles. The van der Waals surface area contributed by atoms with Gasteiger partial charge < -0.3 is 19.5 Å². The number of hydrogen-bond donors (Lipinski definition) is 1. The lowest BCUT2D eigenvalue weighted by molar-refractivity contribution is -0.274. The topological polar surface area (TPSA) is 76.1 Å². The molecule has 0 spiro atoms. The Morgan fingerprint density at radius 2 is 1.81 bits per heavy atom. The van der Waals surface area contributed by atoms with E-state index in [0.29, 0.717) is 34.5 Å². The third-order valence-electron chi connectivity index (χ3n) is 4.14. The summed E-state index contributed by atoms with van der Waals surface area (Å²) in [5.41, 5.74) is 1.74. The van der Waals surface area contributed by atoms with Crippen LogP contribution in [0.4, 0.5) is 18.9 Å². The van der Waals surface area contributed by atoms with Gasteiger partial charge in [-0.15, -0.1) is 13.2 Å². The molecular formula is C22H22F3NO5. The van der Waals surface area contributed by atoms with Crippen LogP contribution in [0, 0.1) is 6.92 Å². The normalized spacial score (nSPS) is 11.6. The third kappa shape index (κ3) is 6.50. The Morgan fingerprint density at radius 1 is 1.13 bits per heavy atom. The van der Waals surface area contributed by atoms with E-state index in [9.17, 15) is 22.8 Å². The summed E-state index contributed by atoms with van der Waals surface area (Å²) in [6.45, 7) is 5.30. The number of rotatable bonds is 8. The van der Waals surface area contributed by atoms with E-state index < -0.39 is 18.1 Å². The van der Waals surface area contributed by atoms with Gasteiger partial charge in [0.1, 0.15) is 11.5 Å². The maximum absolute atomic E-state index is 13.0. The molecule has 0 aliphatic heterocycles. The van der Waals surface area contributed by atoms with E-state index in [0.717, 1.165) is 12.1 Å². The highest BCUT2D eigenvalue weighted by molar-refractivity contribution is 5.88. The Hall–Kier alpha value is -3.49. The van der Waals surface area contributed by atoms with Crippen LogP contribution in [-0.4, -0.2) is 37.0 Å². The average Bonchev–Trinajstić information content (AvgIpc) is 2.65. The summed E-state index contributed by atoms with van der Waals surface area (Å²) in [6, 6.07) is 6.97. The Kier molecular flexibility index (Phi) is 7.32. The smallest absolute Gasteiger partial charge is 0.489 e. The Labute approximate surface area is 177 Å². The van der Waals surface area contributed by atoms with Gasteiger partial charge in [0.25, 0.3) is 0 Å². The number of amides is 1. The first-order valence-corrected chi connectivity index (χ1v) is 9.22. The molecule has 0 aliphatic carbocycles. The molecule has 2 rings (SSSR count). The van der Waals surface area contributed by atoms with E-state index >= 15 is 0 Å². The van der Waals surface area contributed by atoms with E-state index in [1.807, 2.05) is 13.8 Å². The molecule has 2 aromatic rings. The number of hydrogen-bond acceptors (Lipinski definition) is 4. The number of ether oxygens (including phenoxy) is 2. The van der Waals surface area contributed by atoms with Crippen molar-refractivity contribution in [2.24, 2.45) is 0 Å². The minimum absolute atomic E-state index is 0.0824. The van der Waals surface area contributed by atoms with Gasteiger partial charge in [0.05, 0.1) is 11.8 Å². The molecule has 0 fully saturated rings. The second-order valence-electron chi connectivity index (χ2n) is 6.99. The van der Waals surface area contributed by atoms with Crippen LogP contribution in [0.5, 0.6) is 11.5 Å². The molecule has 0 radical (unpaired) electrons. The quantitative estimate of drug-likeness (QED) is 0.463. The van der Waals surface area contributed by atoms with Crippen LogP contribution in [0.25, 0.3) is 17.2 Å². The predicted molar refractivity (Wildman–Crippen MR) is 110 cm³/mol. The summed E-state index contributed by atoms with van der Waals surface area (Å²) < 4.78 is 48.9. The van der Waals surface area contributed by atoms with Crippen molar-refractivity contribution in [3.8, 4) is 22.6 Å². The first-order chi connectivity index (χ1) is 14.4. The number of halogens is 3. The molecule has 0 heterocycles. The van der Waals surface area contributed by atoms with Crippen LogP contribution < -0.4 is 14.4 Å². The van der Waals surface area contributed by atoms with E-state index in [2.05, 4.69) is 4.74 Å². The molecule has 0 saturated carbocycles. The standard InChI is InChI=1S/C22H22F3NO5/c1-13(2)30-20-9-14(3)16(11-18(20)26(4)12-27)17-10-15(6-8-21(28)29)5-7-19(17)31-22(23,24)25/h5-13H,1-4H3,(H,28,29)/b8-6+. The summed E-state index contributed by atoms with van der Waals surface area (Å²) in [5, 5.41) is 8.83. The molecule has 0 aliphatic rings. The predicted octanol–water partition coefficient (Wildman–Crippen LogP) is 5.04. The van der Waals surface area contributed by atoms with Gasteiger partial charge >= 0.3 is 12.3 Å². The summed E-state index contributed by atoms with van der Waals surface area (Å²) in [7, 11) is 1.49. The number of carboxylic acid groups (broad SMARTS) is 1. The van der Waals surface area contributed by atoms with Gasteiger partial charge in [0.2, 0.25) is 6.41 Å². The van der Waals surface area contributed by atoms with Crippen LogP contribution in [0.2, 0.25) is 0 Å². The van der Waals surface area contributed by atoms with Crippen LogP contribution in [-0.2, 0) is 9.59 Å². The monoisotopic (exact) mass is 437 g/mol. The van der Waals surface area contributed by atoms with Gasteiger partial charge in [-0.05, 0) is 67.8 Å². The summed E-state index contributed by atoms with van der Waals surface area (Å²) >= 11 is 0. The fraction of sp³-hybridized carbons (Fsp3) is 0.273. The fourth-order valence-corrected chi connectivity index (χ4v) is 2.88. The SMILES string of the molecule is Cc1cc(OC(C)C)c(N(C)C=O)cc1-c1cc(/C=C/C(=O)O)ccc1OC(F)(F)F. The maximum Gasteiger partial charge on any atom is 0.573 e. The molecule has 0 atom stereocenters. The number of carboxylic acids is 1. The molecule has 166 valence electrons. The highest BCUT2D eigenvalue weighted by Gasteiger charge is 2.32. The van der Waals surface area contributed by atoms with Gasteiger partial charge in [-0.1, -0.05) is 6.07 Å². The van der Waals surface area contributed by atoms with Gasteiger partial charge in [0.15, 0.2) is 0 Å². The van der Waals surface area contributed by atoms with Crippen molar-refractivity contribution in [1.82, 2.24) is 0 Å². The van der Waals surface area contributed by atoms with Crippen LogP contribution in [0.3, 0.4) is 0 Å². The first kappa shape index (κ1) is 23.8. The van der Waals surface area contributed by atoms with E-state index in [1.165, 1.54) is 36.2 Å². The molecule has 1 amide bonds. The molecule has 1 N–H and O–H groups in total. The summed E-state index contributed by atoms with van der Waals surface area (Å²) in [5.74, 6) is -1.26. The average molecular weight is 437 g/mol. The minimum atomic E-state index is -4.93. The highest BCUT2D eigenvalue weighted by Crippen LogP contribution is 2.41. The minimum Gasteiger partial charge on any atom is -0.489 e. The zero-order valence-electron chi connectivity index (χ0n) is 17.4. The summed E-state index contributed by atoms with van der Waals surface area (Å²) in [4.78, 5) is 23.4. The summed E-state index contributed by atoms with van der Waals surface area (Å²) in [6.07, 6.45) is -2.43. The molecular weight excluding hydrogens is 415 g/mol. The second kappa shape index (κ2) is 9.55. The zero-order valence-corrected chi connectivity index (χ0v) is 17.4. The highest BCUT2D eigenvalue weighted by atomic mass is 19.4. The van der Waals surface area contributed by atoms with Crippen molar-refractivity contribution < 1.29 is 37.3 Å². The maximum atomic E-state index is 13.0. The number of carbonyl (C=O) groups excluding carboxylic acids is 1. The third-order valence-corrected chi connectivity index (χ3v) is 4.14. The molecule has 0 unspecified atom stereocenters. The number of carbonyl (C=O) groups is 2. The number of benzene rings is 2. The van der Waals surface area contributed by atoms with E-state index in [1.54, 1.807) is 13.0 Å². The molecule has 9 heteroatoms. The van der Waals surface area contributed by atoms with Crippen molar-refractivity contribution >= 4 is 24.1 Å². The Balaban J connectivity index is 2.74. The van der Waals surface area contributed by atoms with Crippen LogP contribution in [0.1, 0.15) is 25.0 Å². The lowest BCUT2D eigenvalue weighted by atomic mass is 9.96. The van der Waals surface area contributed by atoms with Crippen molar-refractivity contribution in [1.29, 1.82) is 0 Å². The van der Waals surface area contributed by atoms with Crippen molar-refractivity contribution in [2.75, 3.05) is 11.9 Å². The Bertz CT molecular complexity index is 999. The molecule has 31 heavy (non-hydrogen) atoms. The first-order valence-electron chi connectivity index (χ1n) is 9.22. The molecule has 0 saturated heterocycles. The lowest BCUT2D eigenvalue weighted by Crippen LogP contribution is -2.18.